The van der Waals surface area contributed by atoms with Gasteiger partial charge in [-0.2, -0.15) is 0 Å². The molecule has 0 aliphatic rings. The van der Waals surface area contributed by atoms with Crippen LogP contribution in [0.15, 0.2) is 22.9 Å². The topological polar surface area (TPSA) is 17.1 Å². The van der Waals surface area contributed by atoms with Crippen LogP contribution in [0.2, 0.25) is 0 Å². The smallest absolute Gasteiger partial charge is 0.186 e. The van der Waals surface area contributed by atoms with Gasteiger partial charge in [0.25, 0.3) is 0 Å². The molecule has 1 radical (unpaired) electrons. The molecule has 0 aromatic carbocycles. The van der Waals surface area contributed by atoms with E-state index >= 15 is 0 Å². The molecule has 0 unspecified atom stereocenters. The summed E-state index contributed by atoms with van der Waals surface area (Å²) in [6.45, 7) is 4.68. The van der Waals surface area contributed by atoms with Gasteiger partial charge >= 0.3 is 0 Å². The van der Waals surface area contributed by atoms with Crippen molar-refractivity contribution in [1.29, 1.82) is 0 Å². The van der Waals surface area contributed by atoms with Crippen molar-refractivity contribution in [2.45, 2.75) is 0 Å². The highest BCUT2D eigenvalue weighted by molar-refractivity contribution is 5.43. The van der Waals surface area contributed by atoms with Crippen molar-refractivity contribution in [1.82, 2.24) is 0 Å². The van der Waals surface area contributed by atoms with Gasteiger partial charge in [-0.15, -0.1) is 0 Å². The summed E-state index contributed by atoms with van der Waals surface area (Å²) >= 11 is 0. The summed E-state index contributed by atoms with van der Waals surface area (Å²) in [6, 6.07) is 0. The number of carbonyl (C=O) groups excluding carboxylic acids is 1. The van der Waals surface area contributed by atoms with Crippen molar-refractivity contribution in [2.24, 2.45) is 0 Å². The minimum absolute atomic E-state index is 1.33. The van der Waals surface area contributed by atoms with Crippen LogP contribution in [0, 0.1) is 6.58 Å². The molecule has 0 atom stereocenters. The van der Waals surface area contributed by atoms with Crippen molar-refractivity contribution in [2.75, 3.05) is 0 Å². The molecule has 0 aliphatic heterocycles. The first-order valence-electron chi connectivity index (χ1n) is 1.49. The van der Waals surface area contributed by atoms with E-state index in [2.05, 4.69) is 18.0 Å². The third-order valence-electron chi connectivity index (χ3n) is 0.248. The average molecular weight is 89.1 g/mol. The van der Waals surface area contributed by atoms with Crippen LogP contribution in [-0.4, -0.2) is 5.94 Å². The first-order valence-corrected chi connectivity index (χ1v) is 1.49. The van der Waals surface area contributed by atoms with Crippen molar-refractivity contribution >= 4 is 5.94 Å². The summed E-state index contributed by atoms with van der Waals surface area (Å²) < 4.78 is 0. The van der Waals surface area contributed by atoms with Crippen molar-refractivity contribution in [3.05, 3.63) is 29.5 Å². The molecule has 0 spiro atoms. The lowest BCUT2D eigenvalue weighted by atomic mass is 10.7. The van der Waals surface area contributed by atoms with Crippen LogP contribution < -0.4 is 0 Å². The van der Waals surface area contributed by atoms with Crippen LogP contribution in [0.25, 0.3) is 0 Å². The van der Waals surface area contributed by atoms with Gasteiger partial charge in [-0.05, 0) is 12.3 Å². The van der Waals surface area contributed by atoms with E-state index in [9.17, 15) is 4.79 Å². The molecule has 1 heteroatoms. The zero-order chi connectivity index (χ0) is 5.54. The molecular formula is C6HO. The van der Waals surface area contributed by atoms with Gasteiger partial charge in [-0.25, -0.2) is 4.79 Å². The SMILES string of the molecule is [CH]=C=C=C=C=C=O. The summed E-state index contributed by atoms with van der Waals surface area (Å²) in [5, 5.41) is 0. The molecule has 0 amide bonds. The Hall–Kier alpha value is -1.43. The summed E-state index contributed by atoms with van der Waals surface area (Å²) in [4.78, 5) is 9.27. The van der Waals surface area contributed by atoms with E-state index in [0.717, 1.165) is 0 Å². The fourth-order valence-electron chi connectivity index (χ4n) is 0.0928. The average Bonchev–Trinajstić information content (AvgIpc) is 1.69. The fraction of sp³-hybridized carbons (Fsp3) is 0. The Bertz CT molecular complexity index is 187. The van der Waals surface area contributed by atoms with E-state index in [1.807, 2.05) is 11.5 Å². The van der Waals surface area contributed by atoms with Gasteiger partial charge in [-0.3, -0.25) is 0 Å². The predicted octanol–water partition coefficient (Wildman–Crippen LogP) is 0.428. The zero-order valence-corrected chi connectivity index (χ0v) is 3.49. The number of hydrogen-bond acceptors (Lipinski definition) is 1. The second kappa shape index (κ2) is 4.57. The molecule has 0 heterocycles. The Morgan fingerprint density at radius 3 is 2.29 bits per heavy atom. The van der Waals surface area contributed by atoms with Crippen LogP contribution in [0.3, 0.4) is 0 Å². The molecule has 0 bridgehead atoms. The van der Waals surface area contributed by atoms with Crippen LogP contribution >= 0.6 is 0 Å². The van der Waals surface area contributed by atoms with Crippen LogP contribution in [0.1, 0.15) is 0 Å². The third-order valence-corrected chi connectivity index (χ3v) is 0.248. The summed E-state index contributed by atoms with van der Waals surface area (Å²) in [5.41, 5.74) is 8.22. The molecule has 0 rings (SSSR count). The van der Waals surface area contributed by atoms with E-state index in [-0.39, 0.29) is 0 Å². The molecule has 0 aliphatic carbocycles. The molecule has 0 saturated heterocycles. The molecule has 0 fully saturated rings. The van der Waals surface area contributed by atoms with Crippen LogP contribution in [-0.2, 0) is 4.79 Å². The minimum atomic E-state index is 1.33. The Balaban J connectivity index is 4.89. The van der Waals surface area contributed by atoms with Gasteiger partial charge in [0, 0.05) is 11.5 Å². The molecule has 1 nitrogen and oxygen atoms in total. The van der Waals surface area contributed by atoms with Crippen molar-refractivity contribution in [3.8, 4) is 0 Å². The van der Waals surface area contributed by atoms with E-state index in [1.165, 1.54) is 5.94 Å². The largest absolute Gasteiger partial charge is 0.223 e. The van der Waals surface area contributed by atoms with E-state index in [1.54, 1.807) is 0 Å². The fourth-order valence-corrected chi connectivity index (χ4v) is 0.0928. The monoisotopic (exact) mass is 89.0 g/mol. The molecule has 31 valence electrons. The number of rotatable bonds is 0. The van der Waals surface area contributed by atoms with Gasteiger partial charge in [0.1, 0.15) is 0 Å². The van der Waals surface area contributed by atoms with E-state index in [4.69, 9.17) is 0 Å². The molecule has 0 N–H and O–H groups in total. The van der Waals surface area contributed by atoms with Gasteiger partial charge in [0.15, 0.2) is 5.94 Å². The van der Waals surface area contributed by atoms with Crippen LogP contribution in [0.5, 0.6) is 0 Å². The highest BCUT2D eigenvalue weighted by Crippen LogP contribution is 1.42. The van der Waals surface area contributed by atoms with Gasteiger partial charge in [-0.1, -0.05) is 5.73 Å². The molecule has 0 saturated carbocycles. The number of hydrogen-bond donors (Lipinski definition) is 0. The molecule has 0 aromatic heterocycles. The van der Waals surface area contributed by atoms with Crippen molar-refractivity contribution < 1.29 is 4.79 Å². The summed E-state index contributed by atoms with van der Waals surface area (Å²) in [7, 11) is 0. The Kier molecular flexibility index (Phi) is 3.64. The zero-order valence-electron chi connectivity index (χ0n) is 3.49. The standard InChI is InChI=1S/C6HO/c1-2-3-4-5-6-7/h1H. The second-order valence-corrected chi connectivity index (χ2v) is 0.621. The minimum Gasteiger partial charge on any atom is -0.223 e. The third kappa shape index (κ3) is 4.57. The lowest BCUT2D eigenvalue weighted by molar-refractivity contribution is 0.569. The molecule has 7 heavy (non-hydrogen) atoms. The second-order valence-electron chi connectivity index (χ2n) is 0.621. The van der Waals surface area contributed by atoms with Crippen LogP contribution in [0.4, 0.5) is 0 Å². The first kappa shape index (κ1) is 5.57. The maximum Gasteiger partial charge on any atom is 0.186 e. The normalized spacial score (nSPS) is 3.43. The lowest BCUT2D eigenvalue weighted by Crippen LogP contribution is -1.28. The summed E-state index contributed by atoms with van der Waals surface area (Å²) in [5.74, 6) is 1.33. The van der Waals surface area contributed by atoms with E-state index < -0.39 is 0 Å². The van der Waals surface area contributed by atoms with Crippen molar-refractivity contribution in [3.63, 3.8) is 0 Å². The first-order chi connectivity index (χ1) is 3.41. The Morgan fingerprint density at radius 1 is 1.14 bits per heavy atom. The molecule has 0 aromatic rings. The van der Waals surface area contributed by atoms with Gasteiger partial charge in [0.2, 0.25) is 0 Å². The Labute approximate surface area is 41.3 Å². The van der Waals surface area contributed by atoms with E-state index in [0.29, 0.717) is 0 Å². The van der Waals surface area contributed by atoms with Gasteiger partial charge in [0.05, 0.1) is 0 Å². The van der Waals surface area contributed by atoms with Gasteiger partial charge < -0.3 is 0 Å². The maximum absolute atomic E-state index is 9.27. The molecular weight excluding hydrogens is 88.1 g/mol. The highest BCUT2D eigenvalue weighted by atomic mass is 16.1. The lowest BCUT2D eigenvalue weighted by Gasteiger charge is -1.30. The quantitative estimate of drug-likeness (QED) is 0.310. The Morgan fingerprint density at radius 2 is 1.86 bits per heavy atom. The predicted molar refractivity (Wildman–Crippen MR) is 24.0 cm³/mol. The highest BCUT2D eigenvalue weighted by Gasteiger charge is 1.33. The maximum atomic E-state index is 9.27. The summed E-state index contributed by atoms with van der Waals surface area (Å²) in [6.07, 6.45) is 0.